The highest BCUT2D eigenvalue weighted by atomic mass is 32.1. The number of nitro benzene ring substituents is 1. The summed E-state index contributed by atoms with van der Waals surface area (Å²) in [4.78, 5) is 14.6. The highest BCUT2D eigenvalue weighted by Gasteiger charge is 2.10. The lowest BCUT2D eigenvalue weighted by atomic mass is 10.3. The van der Waals surface area contributed by atoms with Crippen LogP contribution in [0.2, 0.25) is 0 Å². The van der Waals surface area contributed by atoms with E-state index in [1.54, 1.807) is 12.1 Å². The molecule has 0 saturated carbocycles. The first-order valence-electron chi connectivity index (χ1n) is 6.51. The Bertz CT molecular complexity index is 925. The lowest BCUT2D eigenvalue weighted by Crippen LogP contribution is -2.01. The van der Waals surface area contributed by atoms with Crippen molar-refractivity contribution >= 4 is 38.6 Å². The van der Waals surface area contributed by atoms with Crippen LogP contribution in [0.5, 0.6) is 0 Å². The molecule has 0 aliphatic heterocycles. The van der Waals surface area contributed by atoms with E-state index in [-0.39, 0.29) is 11.4 Å². The van der Waals surface area contributed by atoms with Gasteiger partial charge in [0.05, 0.1) is 20.8 Å². The van der Waals surface area contributed by atoms with E-state index in [2.05, 4.69) is 15.5 Å². The second kappa shape index (κ2) is 6.21. The number of thiazole rings is 1. The summed E-state index contributed by atoms with van der Waals surface area (Å²) >= 11 is 1.36. The van der Waals surface area contributed by atoms with Gasteiger partial charge >= 0.3 is 0 Å². The van der Waals surface area contributed by atoms with Gasteiger partial charge in [-0.1, -0.05) is 18.2 Å². The van der Waals surface area contributed by atoms with E-state index in [1.807, 2.05) is 30.3 Å². The summed E-state index contributed by atoms with van der Waals surface area (Å²) in [6.07, 6.45) is 0. The number of hydrogen-bond acceptors (Lipinski definition) is 7. The first kappa shape index (κ1) is 14.6. The summed E-state index contributed by atoms with van der Waals surface area (Å²) in [5.74, 6) is 0. The fraction of sp³-hybridized carbons (Fsp3) is 0. The van der Waals surface area contributed by atoms with Crippen molar-refractivity contribution in [1.82, 2.24) is 4.98 Å². The molecule has 0 spiro atoms. The average Bonchev–Trinajstić information content (AvgIpc) is 2.99. The molecule has 0 atom stereocenters. The van der Waals surface area contributed by atoms with Gasteiger partial charge in [-0.3, -0.25) is 15.5 Å². The number of nitro groups is 1. The summed E-state index contributed by atoms with van der Waals surface area (Å²) in [6.45, 7) is 0. The maximum absolute atomic E-state index is 10.7. The van der Waals surface area contributed by atoms with E-state index in [4.69, 9.17) is 0 Å². The van der Waals surface area contributed by atoms with Crippen LogP contribution >= 0.6 is 11.3 Å². The third-order valence-electron chi connectivity index (χ3n) is 2.96. The number of nitrogens with zero attached hydrogens (tertiary/aromatic N) is 4. The number of fused-ring (bicyclic) bond motifs is 1. The number of aromatic nitrogens is 1. The Morgan fingerprint density at radius 3 is 2.87 bits per heavy atom. The molecule has 3 aromatic rings. The van der Waals surface area contributed by atoms with E-state index in [9.17, 15) is 15.4 Å². The van der Waals surface area contributed by atoms with Gasteiger partial charge in [0.15, 0.2) is 10.7 Å². The van der Waals surface area contributed by atoms with Crippen molar-refractivity contribution in [3.8, 4) is 6.07 Å². The largest absolute Gasteiger partial charge is 0.277 e. The van der Waals surface area contributed by atoms with Gasteiger partial charge in [0, 0.05) is 12.1 Å². The molecule has 1 aromatic heterocycles. The quantitative estimate of drug-likeness (QED) is 0.449. The standard InChI is InChI=1S/C15H9N5O2S/c16-9-13(15-17-12-6-1-2-7-14(12)23-15)19-18-10-4-3-5-11(8-10)20(21)22/h1-8,18H/b19-13+. The highest BCUT2D eigenvalue weighted by molar-refractivity contribution is 7.20. The van der Waals surface area contributed by atoms with Crippen molar-refractivity contribution in [2.75, 3.05) is 5.43 Å². The van der Waals surface area contributed by atoms with Gasteiger partial charge in [-0.25, -0.2) is 4.98 Å². The van der Waals surface area contributed by atoms with Crippen LogP contribution in [0.1, 0.15) is 5.01 Å². The molecule has 0 unspecified atom stereocenters. The van der Waals surface area contributed by atoms with E-state index in [0.717, 1.165) is 10.2 Å². The molecular weight excluding hydrogens is 314 g/mol. The summed E-state index contributed by atoms with van der Waals surface area (Å²) in [6, 6.07) is 15.4. The summed E-state index contributed by atoms with van der Waals surface area (Å²) in [5, 5.41) is 24.5. The smallest absolute Gasteiger partial charge is 0.271 e. The van der Waals surface area contributed by atoms with Gasteiger partial charge in [-0.15, -0.1) is 11.3 Å². The van der Waals surface area contributed by atoms with Gasteiger partial charge < -0.3 is 0 Å². The molecule has 1 heterocycles. The van der Waals surface area contributed by atoms with Crippen LogP contribution in [0.25, 0.3) is 10.2 Å². The summed E-state index contributed by atoms with van der Waals surface area (Å²) in [7, 11) is 0. The zero-order valence-electron chi connectivity index (χ0n) is 11.6. The van der Waals surface area contributed by atoms with Crippen molar-refractivity contribution in [2.24, 2.45) is 5.10 Å². The Hall–Kier alpha value is -3.31. The van der Waals surface area contributed by atoms with Crippen molar-refractivity contribution < 1.29 is 4.92 Å². The van der Waals surface area contributed by atoms with Gasteiger partial charge in [0.25, 0.3) is 5.69 Å². The first-order valence-corrected chi connectivity index (χ1v) is 7.33. The Morgan fingerprint density at radius 2 is 2.13 bits per heavy atom. The van der Waals surface area contributed by atoms with Crippen molar-refractivity contribution in [2.45, 2.75) is 0 Å². The van der Waals surface area contributed by atoms with Crippen LogP contribution in [-0.2, 0) is 0 Å². The number of non-ortho nitro benzene ring substituents is 1. The van der Waals surface area contributed by atoms with Gasteiger partial charge in [-0.05, 0) is 18.2 Å². The highest BCUT2D eigenvalue weighted by Crippen LogP contribution is 2.22. The van der Waals surface area contributed by atoms with E-state index in [0.29, 0.717) is 10.7 Å². The molecule has 23 heavy (non-hydrogen) atoms. The maximum atomic E-state index is 10.7. The van der Waals surface area contributed by atoms with E-state index in [1.165, 1.54) is 23.5 Å². The fourth-order valence-corrected chi connectivity index (χ4v) is 2.81. The van der Waals surface area contributed by atoms with E-state index < -0.39 is 4.92 Å². The van der Waals surface area contributed by atoms with E-state index >= 15 is 0 Å². The monoisotopic (exact) mass is 323 g/mol. The Morgan fingerprint density at radius 1 is 1.30 bits per heavy atom. The zero-order chi connectivity index (χ0) is 16.2. The number of hydrazone groups is 1. The third kappa shape index (κ3) is 3.14. The number of anilines is 1. The molecule has 112 valence electrons. The molecule has 0 radical (unpaired) electrons. The van der Waals surface area contributed by atoms with Crippen LogP contribution in [0.15, 0.2) is 53.6 Å². The number of hydrogen-bond donors (Lipinski definition) is 1. The average molecular weight is 323 g/mol. The number of benzene rings is 2. The van der Waals surface area contributed by atoms with Crippen LogP contribution in [0.4, 0.5) is 11.4 Å². The van der Waals surface area contributed by atoms with Crippen LogP contribution in [0.3, 0.4) is 0 Å². The molecule has 0 amide bonds. The molecule has 0 aliphatic rings. The van der Waals surface area contributed by atoms with Crippen LogP contribution in [-0.4, -0.2) is 15.6 Å². The minimum absolute atomic E-state index is 0.0521. The zero-order valence-corrected chi connectivity index (χ0v) is 12.4. The fourth-order valence-electron chi connectivity index (χ4n) is 1.90. The molecule has 0 saturated heterocycles. The number of nitrogens with one attached hydrogen (secondary N) is 1. The molecule has 1 N–H and O–H groups in total. The number of nitriles is 1. The number of rotatable bonds is 4. The molecule has 0 bridgehead atoms. The normalized spacial score (nSPS) is 11.2. The predicted molar refractivity (Wildman–Crippen MR) is 88.5 cm³/mol. The topological polar surface area (TPSA) is 104 Å². The number of para-hydroxylation sites is 1. The van der Waals surface area contributed by atoms with Crippen LogP contribution < -0.4 is 5.43 Å². The lowest BCUT2D eigenvalue weighted by molar-refractivity contribution is -0.384. The first-order chi connectivity index (χ1) is 11.2. The maximum Gasteiger partial charge on any atom is 0.271 e. The minimum Gasteiger partial charge on any atom is -0.277 e. The molecule has 3 rings (SSSR count). The summed E-state index contributed by atoms with van der Waals surface area (Å²) < 4.78 is 0.959. The minimum atomic E-state index is -0.492. The second-order valence-corrected chi connectivity index (χ2v) is 5.51. The molecule has 7 nitrogen and oxygen atoms in total. The Kier molecular flexibility index (Phi) is 3.95. The Labute approximate surface area is 134 Å². The van der Waals surface area contributed by atoms with Gasteiger partial charge in [-0.2, -0.15) is 10.4 Å². The predicted octanol–water partition coefficient (Wildman–Crippen LogP) is 3.54. The SMILES string of the molecule is N#C/C(=N\Nc1cccc([N+](=O)[O-])c1)c1nc2ccccc2s1. The Balaban J connectivity index is 1.89. The molecule has 0 aliphatic carbocycles. The van der Waals surface area contributed by atoms with Gasteiger partial charge in [0.2, 0.25) is 0 Å². The molecule has 0 fully saturated rings. The molecule has 2 aromatic carbocycles. The van der Waals surface area contributed by atoms with Crippen molar-refractivity contribution in [1.29, 1.82) is 5.26 Å². The third-order valence-corrected chi connectivity index (χ3v) is 4.00. The summed E-state index contributed by atoms with van der Waals surface area (Å²) in [5.41, 5.74) is 3.95. The lowest BCUT2D eigenvalue weighted by Gasteiger charge is -2.00. The van der Waals surface area contributed by atoms with Crippen molar-refractivity contribution in [3.05, 3.63) is 63.7 Å². The second-order valence-electron chi connectivity index (χ2n) is 4.48. The van der Waals surface area contributed by atoms with Gasteiger partial charge in [0.1, 0.15) is 6.07 Å². The van der Waals surface area contributed by atoms with Crippen LogP contribution in [0, 0.1) is 21.4 Å². The molecule has 8 heteroatoms. The van der Waals surface area contributed by atoms with Crippen molar-refractivity contribution in [3.63, 3.8) is 0 Å². The molecular formula is C15H9N5O2S.